The summed E-state index contributed by atoms with van der Waals surface area (Å²) in [6.07, 6.45) is 2.64. The maximum atomic E-state index is 3.72. The van der Waals surface area contributed by atoms with Crippen molar-refractivity contribution in [3.8, 4) is 0 Å². The van der Waals surface area contributed by atoms with Gasteiger partial charge in [-0.25, -0.2) is 0 Å². The van der Waals surface area contributed by atoms with Gasteiger partial charge in [-0.1, -0.05) is 36.2 Å². The van der Waals surface area contributed by atoms with E-state index in [1.165, 1.54) is 25.9 Å². The topological polar surface area (TPSA) is 3.24 Å². The SMILES string of the molecule is CCCC(C)N1CC(C)C(Br)C1. The van der Waals surface area contributed by atoms with Crippen molar-refractivity contribution < 1.29 is 0 Å². The smallest absolute Gasteiger partial charge is 0.0311 e. The van der Waals surface area contributed by atoms with E-state index >= 15 is 0 Å². The van der Waals surface area contributed by atoms with Crippen LogP contribution in [0.1, 0.15) is 33.6 Å². The standard InChI is InChI=1S/C10H20BrN/c1-4-5-9(3)12-6-8(2)10(11)7-12/h8-10H,4-7H2,1-3H3. The van der Waals surface area contributed by atoms with Crippen molar-refractivity contribution in [2.24, 2.45) is 5.92 Å². The highest BCUT2D eigenvalue weighted by molar-refractivity contribution is 9.09. The van der Waals surface area contributed by atoms with Crippen molar-refractivity contribution in [2.45, 2.75) is 44.5 Å². The van der Waals surface area contributed by atoms with Crippen molar-refractivity contribution in [1.82, 2.24) is 4.90 Å². The Morgan fingerprint density at radius 2 is 2.17 bits per heavy atom. The van der Waals surface area contributed by atoms with Crippen LogP contribution in [0.5, 0.6) is 0 Å². The van der Waals surface area contributed by atoms with Gasteiger partial charge in [0, 0.05) is 24.0 Å². The predicted molar refractivity (Wildman–Crippen MR) is 57.8 cm³/mol. The molecule has 1 fully saturated rings. The molecule has 0 aromatic rings. The third kappa shape index (κ3) is 2.46. The summed E-state index contributed by atoms with van der Waals surface area (Å²) in [6, 6.07) is 0.778. The average molecular weight is 234 g/mol. The van der Waals surface area contributed by atoms with Gasteiger partial charge in [-0.2, -0.15) is 0 Å². The van der Waals surface area contributed by atoms with E-state index in [-0.39, 0.29) is 0 Å². The Morgan fingerprint density at radius 3 is 2.58 bits per heavy atom. The molecule has 0 amide bonds. The van der Waals surface area contributed by atoms with Gasteiger partial charge in [0.1, 0.15) is 0 Å². The molecule has 3 atom stereocenters. The molecule has 0 aromatic carbocycles. The predicted octanol–water partition coefficient (Wildman–Crippen LogP) is 2.89. The molecule has 0 saturated carbocycles. The lowest BCUT2D eigenvalue weighted by molar-refractivity contribution is 0.239. The van der Waals surface area contributed by atoms with Crippen LogP contribution in [0.3, 0.4) is 0 Å². The summed E-state index contributed by atoms with van der Waals surface area (Å²) in [7, 11) is 0. The average Bonchev–Trinajstić information content (AvgIpc) is 2.33. The van der Waals surface area contributed by atoms with Gasteiger partial charge in [0.05, 0.1) is 0 Å². The molecule has 2 heteroatoms. The molecule has 0 bridgehead atoms. The second kappa shape index (κ2) is 4.61. The van der Waals surface area contributed by atoms with Gasteiger partial charge in [-0.15, -0.1) is 0 Å². The largest absolute Gasteiger partial charge is 0.299 e. The second-order valence-electron chi connectivity index (χ2n) is 4.08. The minimum Gasteiger partial charge on any atom is -0.299 e. The van der Waals surface area contributed by atoms with E-state index in [1.54, 1.807) is 0 Å². The van der Waals surface area contributed by atoms with Gasteiger partial charge < -0.3 is 0 Å². The molecular formula is C10H20BrN. The van der Waals surface area contributed by atoms with E-state index in [0.717, 1.165) is 16.8 Å². The Kier molecular flexibility index (Phi) is 4.04. The van der Waals surface area contributed by atoms with Gasteiger partial charge in [0.25, 0.3) is 0 Å². The molecule has 0 radical (unpaired) electrons. The Morgan fingerprint density at radius 1 is 1.50 bits per heavy atom. The van der Waals surface area contributed by atoms with E-state index in [0.29, 0.717) is 0 Å². The van der Waals surface area contributed by atoms with Crippen molar-refractivity contribution >= 4 is 15.9 Å². The van der Waals surface area contributed by atoms with Crippen LogP contribution in [-0.4, -0.2) is 28.9 Å². The number of alkyl halides is 1. The molecule has 0 aromatic heterocycles. The van der Waals surface area contributed by atoms with Crippen molar-refractivity contribution in [3.63, 3.8) is 0 Å². The van der Waals surface area contributed by atoms with Crippen molar-refractivity contribution in [3.05, 3.63) is 0 Å². The van der Waals surface area contributed by atoms with Gasteiger partial charge in [0.2, 0.25) is 0 Å². The lowest BCUT2D eigenvalue weighted by atomic mass is 10.1. The summed E-state index contributed by atoms with van der Waals surface area (Å²) in [5.41, 5.74) is 0. The lowest BCUT2D eigenvalue weighted by Gasteiger charge is -2.23. The highest BCUT2D eigenvalue weighted by atomic mass is 79.9. The Hall–Kier alpha value is 0.440. The second-order valence-corrected chi connectivity index (χ2v) is 5.26. The van der Waals surface area contributed by atoms with E-state index in [1.807, 2.05) is 0 Å². The van der Waals surface area contributed by atoms with Gasteiger partial charge in [-0.05, 0) is 19.3 Å². The summed E-state index contributed by atoms with van der Waals surface area (Å²) < 4.78 is 0. The number of halogens is 1. The molecule has 1 aliphatic heterocycles. The maximum Gasteiger partial charge on any atom is 0.0311 e. The Labute approximate surface area is 84.6 Å². The summed E-state index contributed by atoms with van der Waals surface area (Å²) >= 11 is 3.72. The van der Waals surface area contributed by atoms with Crippen LogP contribution in [0.4, 0.5) is 0 Å². The molecule has 0 aliphatic carbocycles. The fraction of sp³-hybridized carbons (Fsp3) is 1.00. The summed E-state index contributed by atoms with van der Waals surface area (Å²) in [6.45, 7) is 9.46. The molecule has 0 spiro atoms. The summed E-state index contributed by atoms with van der Waals surface area (Å²) in [5, 5.41) is 0. The monoisotopic (exact) mass is 233 g/mol. The fourth-order valence-electron chi connectivity index (χ4n) is 1.92. The fourth-order valence-corrected chi connectivity index (χ4v) is 2.46. The zero-order valence-electron chi connectivity index (χ0n) is 8.39. The maximum absolute atomic E-state index is 3.72. The summed E-state index contributed by atoms with van der Waals surface area (Å²) in [4.78, 5) is 3.32. The highest BCUT2D eigenvalue weighted by Gasteiger charge is 2.29. The number of hydrogen-bond donors (Lipinski definition) is 0. The van der Waals surface area contributed by atoms with Crippen LogP contribution in [0.25, 0.3) is 0 Å². The first-order chi connectivity index (χ1) is 5.65. The van der Waals surface area contributed by atoms with Crippen LogP contribution in [0, 0.1) is 5.92 Å². The molecule has 1 rings (SSSR count). The first kappa shape index (κ1) is 10.5. The van der Waals surface area contributed by atoms with E-state index in [4.69, 9.17) is 0 Å². The Bertz CT molecular complexity index is 128. The van der Waals surface area contributed by atoms with E-state index < -0.39 is 0 Å². The first-order valence-corrected chi connectivity index (χ1v) is 5.94. The summed E-state index contributed by atoms with van der Waals surface area (Å²) in [5.74, 6) is 0.823. The highest BCUT2D eigenvalue weighted by Crippen LogP contribution is 2.25. The number of rotatable bonds is 3. The Balaban J connectivity index is 2.35. The minimum absolute atomic E-state index is 0.719. The van der Waals surface area contributed by atoms with Crippen LogP contribution in [0.2, 0.25) is 0 Å². The molecule has 1 heterocycles. The minimum atomic E-state index is 0.719. The zero-order valence-corrected chi connectivity index (χ0v) is 9.97. The van der Waals surface area contributed by atoms with Crippen molar-refractivity contribution in [1.29, 1.82) is 0 Å². The normalized spacial score (nSPS) is 34.0. The van der Waals surface area contributed by atoms with Crippen LogP contribution in [-0.2, 0) is 0 Å². The van der Waals surface area contributed by atoms with E-state index in [2.05, 4.69) is 41.6 Å². The number of hydrogen-bond acceptors (Lipinski definition) is 1. The number of likely N-dealkylation sites (tertiary alicyclic amines) is 1. The van der Waals surface area contributed by atoms with Crippen LogP contribution in [0.15, 0.2) is 0 Å². The molecule has 3 unspecified atom stereocenters. The molecule has 0 N–H and O–H groups in total. The third-order valence-corrected chi connectivity index (χ3v) is 4.07. The lowest BCUT2D eigenvalue weighted by Crippen LogP contribution is -2.31. The third-order valence-electron chi connectivity index (χ3n) is 2.88. The van der Waals surface area contributed by atoms with Gasteiger partial charge in [0.15, 0.2) is 0 Å². The number of nitrogens with zero attached hydrogens (tertiary/aromatic N) is 1. The van der Waals surface area contributed by atoms with E-state index in [9.17, 15) is 0 Å². The molecule has 72 valence electrons. The molecule has 1 aliphatic rings. The molecular weight excluding hydrogens is 214 g/mol. The molecule has 12 heavy (non-hydrogen) atoms. The van der Waals surface area contributed by atoms with Crippen LogP contribution < -0.4 is 0 Å². The van der Waals surface area contributed by atoms with Gasteiger partial charge >= 0.3 is 0 Å². The molecule has 1 nitrogen and oxygen atoms in total. The first-order valence-electron chi connectivity index (χ1n) is 5.03. The van der Waals surface area contributed by atoms with Crippen LogP contribution >= 0.6 is 15.9 Å². The molecule has 1 saturated heterocycles. The van der Waals surface area contributed by atoms with Crippen molar-refractivity contribution in [2.75, 3.05) is 13.1 Å². The van der Waals surface area contributed by atoms with Gasteiger partial charge in [-0.3, -0.25) is 4.90 Å². The zero-order chi connectivity index (χ0) is 9.14. The quantitative estimate of drug-likeness (QED) is 0.679.